The van der Waals surface area contributed by atoms with Crippen LogP contribution in [0.25, 0.3) is 5.57 Å². The Bertz CT molecular complexity index is 1160. The van der Waals surface area contributed by atoms with Crippen LogP contribution in [0.2, 0.25) is 0 Å². The molecule has 0 unspecified atom stereocenters. The maximum Gasteiger partial charge on any atom is 0.245 e. The van der Waals surface area contributed by atoms with Crippen molar-refractivity contribution >= 4 is 29.0 Å². The van der Waals surface area contributed by atoms with Crippen LogP contribution in [0.3, 0.4) is 0 Å². The molecule has 0 saturated carbocycles. The number of hydrogen-bond acceptors (Lipinski definition) is 6. The molecule has 3 aliphatic heterocycles. The summed E-state index contributed by atoms with van der Waals surface area (Å²) in [7, 11) is 1.47. The van der Waals surface area contributed by atoms with Crippen molar-refractivity contribution < 1.29 is 19.1 Å². The molecule has 9 nitrogen and oxygen atoms in total. The number of fused-ring (bicyclic) bond motifs is 1. The normalized spacial score (nSPS) is 26.2. The van der Waals surface area contributed by atoms with Crippen molar-refractivity contribution in [3.63, 3.8) is 0 Å². The number of carbonyl (C=O) groups excluding carboxylic acids is 3. The third-order valence-corrected chi connectivity index (χ3v) is 6.09. The number of nitrogens with one attached hydrogen (secondary N) is 1. The zero-order valence-corrected chi connectivity index (χ0v) is 17.0. The number of nitrogens with two attached hydrogens (primary N) is 2. The van der Waals surface area contributed by atoms with Crippen molar-refractivity contribution in [1.82, 2.24) is 5.32 Å². The van der Waals surface area contributed by atoms with Crippen molar-refractivity contribution in [1.29, 1.82) is 5.26 Å². The number of allylic oxidation sites excluding steroid dienone is 1. The van der Waals surface area contributed by atoms with Crippen LogP contribution in [0.4, 0.5) is 5.69 Å². The molecule has 0 fully saturated rings. The molecule has 3 amide bonds. The molecular weight excluding hydrogens is 386 g/mol. The molecule has 5 N–H and O–H groups in total. The summed E-state index contributed by atoms with van der Waals surface area (Å²) in [5, 5.41) is 12.3. The first-order valence-electron chi connectivity index (χ1n) is 9.29. The van der Waals surface area contributed by atoms with E-state index in [1.165, 1.54) is 12.0 Å². The van der Waals surface area contributed by atoms with Gasteiger partial charge < -0.3 is 26.4 Å². The third-order valence-electron chi connectivity index (χ3n) is 6.09. The van der Waals surface area contributed by atoms with E-state index >= 15 is 0 Å². The Labute approximate surface area is 172 Å². The van der Waals surface area contributed by atoms with E-state index in [2.05, 4.69) is 5.32 Å². The first kappa shape index (κ1) is 19.5. The maximum absolute atomic E-state index is 14.1. The van der Waals surface area contributed by atoms with Crippen LogP contribution in [0.5, 0.6) is 5.75 Å². The fourth-order valence-corrected chi connectivity index (χ4v) is 5.02. The molecule has 9 heteroatoms. The first-order chi connectivity index (χ1) is 14.0. The molecule has 154 valence electrons. The van der Waals surface area contributed by atoms with Crippen molar-refractivity contribution in [2.75, 3.05) is 12.0 Å². The second-order valence-electron chi connectivity index (χ2n) is 8.23. The van der Waals surface area contributed by atoms with E-state index in [0.717, 1.165) is 5.57 Å². The molecule has 0 aromatic heterocycles. The summed E-state index contributed by atoms with van der Waals surface area (Å²) in [6, 6.07) is 5.30. The van der Waals surface area contributed by atoms with Crippen molar-refractivity contribution in [3.05, 3.63) is 40.7 Å². The average molecular weight is 407 g/mol. The monoisotopic (exact) mass is 407 g/mol. The number of methoxy groups -OCH3 is 1. The number of primary amides is 1. The molecule has 4 rings (SSSR count). The van der Waals surface area contributed by atoms with E-state index in [1.807, 2.05) is 32.9 Å². The van der Waals surface area contributed by atoms with E-state index in [1.54, 1.807) is 12.1 Å². The lowest BCUT2D eigenvalue weighted by molar-refractivity contribution is -0.141. The number of hydrogen-bond donors (Lipinski definition) is 3. The topological polar surface area (TPSA) is 152 Å². The van der Waals surface area contributed by atoms with Gasteiger partial charge in [0.05, 0.1) is 23.9 Å². The number of benzene rings is 1. The van der Waals surface area contributed by atoms with Crippen LogP contribution < -0.4 is 26.4 Å². The summed E-state index contributed by atoms with van der Waals surface area (Å²) in [6.45, 7) is 5.58. The van der Waals surface area contributed by atoms with Gasteiger partial charge in [-0.05, 0) is 38.5 Å². The largest absolute Gasteiger partial charge is 0.497 e. The summed E-state index contributed by atoms with van der Waals surface area (Å²) in [6.07, 6.45) is 1.91. The molecule has 1 aromatic rings. The van der Waals surface area contributed by atoms with Crippen molar-refractivity contribution in [2.24, 2.45) is 17.4 Å². The molecule has 1 spiro atoms. The van der Waals surface area contributed by atoms with Gasteiger partial charge in [-0.1, -0.05) is 6.08 Å². The highest BCUT2D eigenvalue weighted by atomic mass is 16.5. The number of nitriles is 1. The summed E-state index contributed by atoms with van der Waals surface area (Å²) in [5.41, 5.74) is 11.0. The molecular formula is C21H21N5O4. The molecule has 3 heterocycles. The van der Waals surface area contributed by atoms with E-state index in [0.29, 0.717) is 22.6 Å². The van der Waals surface area contributed by atoms with Gasteiger partial charge in [0.1, 0.15) is 29.0 Å². The molecule has 0 aliphatic carbocycles. The van der Waals surface area contributed by atoms with Crippen molar-refractivity contribution in [3.8, 4) is 11.8 Å². The number of nitrogens with zero attached hydrogens (tertiary/aromatic N) is 2. The summed E-state index contributed by atoms with van der Waals surface area (Å²) in [5.74, 6) is -3.96. The zero-order valence-electron chi connectivity index (χ0n) is 17.0. The molecule has 30 heavy (non-hydrogen) atoms. The van der Waals surface area contributed by atoms with Crippen LogP contribution in [-0.2, 0) is 19.8 Å². The predicted molar refractivity (Wildman–Crippen MR) is 108 cm³/mol. The first-order valence-corrected chi connectivity index (χ1v) is 9.29. The number of rotatable bonds is 2. The van der Waals surface area contributed by atoms with Crippen LogP contribution >= 0.6 is 0 Å². The highest BCUT2D eigenvalue weighted by Crippen LogP contribution is 2.58. The molecule has 0 bridgehead atoms. The SMILES string of the molecule is COc1cc2c3c(c1)[C@@]1(C(=O)N3C(C)(C)C=C2C)C(C#N)=C(N)NC(=O)[C@H]1C(N)=O. The van der Waals surface area contributed by atoms with Gasteiger partial charge in [0.2, 0.25) is 17.7 Å². The van der Waals surface area contributed by atoms with Crippen LogP contribution in [0.1, 0.15) is 31.9 Å². The standard InChI is InChI=1S/C21H21N5O4/c1-9-7-20(2,3)26-15-11(9)5-10(30-4)6-12(15)21(19(26)29)13(8-22)16(23)25-18(28)14(21)17(24)27/h5-7,14H,23H2,1-4H3,(H2,24,27)(H,25,28)/t14-,21-/m1/s1. The Morgan fingerprint density at radius 1 is 1.33 bits per heavy atom. The smallest absolute Gasteiger partial charge is 0.245 e. The summed E-state index contributed by atoms with van der Waals surface area (Å²) < 4.78 is 5.43. The molecule has 3 aliphatic rings. The van der Waals surface area contributed by atoms with Crippen LogP contribution in [-0.4, -0.2) is 30.4 Å². The highest BCUT2D eigenvalue weighted by molar-refractivity contribution is 6.22. The van der Waals surface area contributed by atoms with Gasteiger partial charge in [-0.25, -0.2) is 0 Å². The second kappa shape index (κ2) is 5.86. The lowest BCUT2D eigenvalue weighted by Crippen LogP contribution is -2.62. The Hall–Kier alpha value is -3.80. The number of ether oxygens (including phenoxy) is 1. The number of carbonyl (C=O) groups is 3. The fourth-order valence-electron chi connectivity index (χ4n) is 5.02. The van der Waals surface area contributed by atoms with E-state index < -0.39 is 34.6 Å². The fraction of sp³-hybridized carbons (Fsp3) is 0.333. The Morgan fingerprint density at radius 2 is 2.00 bits per heavy atom. The minimum atomic E-state index is -1.97. The lowest BCUT2D eigenvalue weighted by Gasteiger charge is -2.41. The Morgan fingerprint density at radius 3 is 2.57 bits per heavy atom. The van der Waals surface area contributed by atoms with Crippen LogP contribution in [0, 0.1) is 17.2 Å². The van der Waals surface area contributed by atoms with E-state index in [9.17, 15) is 19.6 Å². The van der Waals surface area contributed by atoms with Crippen molar-refractivity contribution in [2.45, 2.75) is 31.7 Å². The van der Waals surface area contributed by atoms with Gasteiger partial charge in [0, 0.05) is 11.1 Å². The molecule has 0 saturated heterocycles. The van der Waals surface area contributed by atoms with Crippen LogP contribution in [0.15, 0.2) is 29.6 Å². The van der Waals surface area contributed by atoms with E-state index in [4.69, 9.17) is 16.2 Å². The minimum Gasteiger partial charge on any atom is -0.497 e. The highest BCUT2D eigenvalue weighted by Gasteiger charge is 2.67. The van der Waals surface area contributed by atoms with Gasteiger partial charge in [-0.2, -0.15) is 5.26 Å². The van der Waals surface area contributed by atoms with Gasteiger partial charge in [-0.3, -0.25) is 14.4 Å². The minimum absolute atomic E-state index is 0.214. The summed E-state index contributed by atoms with van der Waals surface area (Å²) in [4.78, 5) is 40.9. The van der Waals surface area contributed by atoms with Gasteiger partial charge >= 0.3 is 0 Å². The van der Waals surface area contributed by atoms with E-state index in [-0.39, 0.29) is 11.4 Å². The maximum atomic E-state index is 14.1. The molecule has 0 radical (unpaired) electrons. The number of amides is 3. The van der Waals surface area contributed by atoms with Gasteiger partial charge in [-0.15, -0.1) is 0 Å². The Balaban J connectivity index is 2.23. The molecule has 2 atom stereocenters. The lowest BCUT2D eigenvalue weighted by atomic mass is 9.63. The Kier molecular flexibility index (Phi) is 3.81. The second-order valence-corrected chi connectivity index (χ2v) is 8.23. The third kappa shape index (κ3) is 2.08. The zero-order chi connectivity index (χ0) is 22.2. The average Bonchev–Trinajstić information content (AvgIpc) is 2.89. The predicted octanol–water partition coefficient (Wildman–Crippen LogP) is 0.400. The summed E-state index contributed by atoms with van der Waals surface area (Å²) >= 11 is 0. The van der Waals surface area contributed by atoms with Gasteiger partial charge in [0.25, 0.3) is 0 Å². The molecule has 1 aromatic carbocycles. The van der Waals surface area contributed by atoms with Gasteiger partial charge in [0.15, 0.2) is 0 Å². The quantitative estimate of drug-likeness (QED) is 0.604. The number of anilines is 1.